The van der Waals surface area contributed by atoms with E-state index < -0.39 is 0 Å². The molecule has 3 nitrogen and oxygen atoms in total. The summed E-state index contributed by atoms with van der Waals surface area (Å²) in [6.45, 7) is 11.5. The minimum Gasteiger partial charge on any atom is -0.494 e. The van der Waals surface area contributed by atoms with Crippen LogP contribution in [0.15, 0.2) is 24.3 Å². The molecule has 0 unspecified atom stereocenters. The number of rotatable bonds is 4. The molecule has 0 atom stereocenters. The number of nitrogens with one attached hydrogen (secondary N) is 1. The molecule has 1 heterocycles. The number of ether oxygens (including phenoxy) is 1. The molecule has 0 amide bonds. The first-order valence-electron chi connectivity index (χ1n) is 6.80. The quantitative estimate of drug-likeness (QED) is 0.884. The molecule has 1 aliphatic heterocycles. The van der Waals surface area contributed by atoms with E-state index in [4.69, 9.17) is 4.74 Å². The molecule has 1 aromatic rings. The maximum absolute atomic E-state index is 5.70. The number of nitrogens with zero attached hydrogens (tertiary/aromatic N) is 1. The van der Waals surface area contributed by atoms with Crippen LogP contribution >= 0.6 is 0 Å². The minimum atomic E-state index is 0.206. The molecule has 2 rings (SSSR count). The number of benzene rings is 1. The monoisotopic (exact) mass is 248 g/mol. The Bertz CT molecular complexity index is 390. The normalized spacial score (nSPS) is 19.7. The summed E-state index contributed by atoms with van der Waals surface area (Å²) in [5, 5.41) is 3.46. The van der Waals surface area contributed by atoms with Crippen molar-refractivity contribution in [1.29, 1.82) is 0 Å². The molecule has 18 heavy (non-hydrogen) atoms. The van der Waals surface area contributed by atoms with E-state index in [-0.39, 0.29) is 5.54 Å². The zero-order valence-corrected chi connectivity index (χ0v) is 11.7. The van der Waals surface area contributed by atoms with Gasteiger partial charge in [-0.15, -0.1) is 0 Å². The average molecular weight is 248 g/mol. The van der Waals surface area contributed by atoms with Crippen LogP contribution < -0.4 is 10.1 Å². The Morgan fingerprint density at radius 1 is 1.33 bits per heavy atom. The predicted octanol–water partition coefficient (Wildman–Crippen LogP) is 2.27. The number of hydrogen-bond donors (Lipinski definition) is 1. The van der Waals surface area contributed by atoms with Gasteiger partial charge in [-0.25, -0.2) is 0 Å². The van der Waals surface area contributed by atoms with Crippen molar-refractivity contribution in [3.05, 3.63) is 29.8 Å². The third-order valence-corrected chi connectivity index (χ3v) is 3.61. The van der Waals surface area contributed by atoms with Crippen molar-refractivity contribution < 1.29 is 4.74 Å². The second-order valence-corrected chi connectivity index (χ2v) is 5.45. The van der Waals surface area contributed by atoms with E-state index in [0.717, 1.165) is 38.5 Å². The number of hydrogen-bond acceptors (Lipinski definition) is 3. The van der Waals surface area contributed by atoms with Gasteiger partial charge >= 0.3 is 0 Å². The highest BCUT2D eigenvalue weighted by atomic mass is 16.5. The minimum absolute atomic E-state index is 0.206. The van der Waals surface area contributed by atoms with E-state index >= 15 is 0 Å². The van der Waals surface area contributed by atoms with Crippen LogP contribution in [-0.2, 0) is 6.54 Å². The van der Waals surface area contributed by atoms with Gasteiger partial charge in [0.2, 0.25) is 0 Å². The van der Waals surface area contributed by atoms with Crippen LogP contribution in [0.25, 0.3) is 0 Å². The maximum Gasteiger partial charge on any atom is 0.123 e. The van der Waals surface area contributed by atoms with E-state index in [0.29, 0.717) is 0 Å². The molecule has 0 saturated carbocycles. The van der Waals surface area contributed by atoms with Crippen LogP contribution in [0.2, 0.25) is 0 Å². The smallest absolute Gasteiger partial charge is 0.123 e. The highest BCUT2D eigenvalue weighted by Gasteiger charge is 2.29. The first-order chi connectivity index (χ1) is 8.63. The van der Waals surface area contributed by atoms with Gasteiger partial charge in [-0.3, -0.25) is 4.90 Å². The SMILES string of the molecule is CCOc1ccccc1CN1CCNCC1(C)C. The molecule has 1 fully saturated rings. The summed E-state index contributed by atoms with van der Waals surface area (Å²) in [6.07, 6.45) is 0. The zero-order chi connectivity index (χ0) is 13.0. The Balaban J connectivity index is 2.12. The molecule has 0 spiro atoms. The van der Waals surface area contributed by atoms with Gasteiger partial charge in [-0.2, -0.15) is 0 Å². The van der Waals surface area contributed by atoms with Crippen LogP contribution in [0, 0.1) is 0 Å². The lowest BCUT2D eigenvalue weighted by Crippen LogP contribution is -2.57. The predicted molar refractivity (Wildman–Crippen MR) is 75.0 cm³/mol. The summed E-state index contributed by atoms with van der Waals surface area (Å²) >= 11 is 0. The molecule has 0 bridgehead atoms. The number of para-hydroxylation sites is 1. The standard InChI is InChI=1S/C15H24N2O/c1-4-18-14-8-6-5-7-13(14)11-17-10-9-16-12-15(17,2)3/h5-8,16H,4,9-12H2,1-3H3. The first-order valence-corrected chi connectivity index (χ1v) is 6.80. The fraction of sp³-hybridized carbons (Fsp3) is 0.600. The molecule has 100 valence electrons. The van der Waals surface area contributed by atoms with Gasteiger partial charge < -0.3 is 10.1 Å². The molecule has 0 aliphatic carbocycles. The first kappa shape index (κ1) is 13.4. The molecule has 1 N–H and O–H groups in total. The van der Waals surface area contributed by atoms with Gasteiger partial charge in [0.15, 0.2) is 0 Å². The average Bonchev–Trinajstić information content (AvgIpc) is 2.34. The molecule has 1 aliphatic rings. The van der Waals surface area contributed by atoms with Gasteiger partial charge in [0.05, 0.1) is 6.61 Å². The van der Waals surface area contributed by atoms with E-state index in [1.165, 1.54) is 5.56 Å². The third-order valence-electron chi connectivity index (χ3n) is 3.61. The van der Waals surface area contributed by atoms with E-state index in [1.54, 1.807) is 0 Å². The molecule has 0 radical (unpaired) electrons. The molecule has 0 aromatic heterocycles. The van der Waals surface area contributed by atoms with Crippen LogP contribution in [-0.4, -0.2) is 36.7 Å². The lowest BCUT2D eigenvalue weighted by Gasteiger charge is -2.43. The third kappa shape index (κ3) is 3.03. The summed E-state index contributed by atoms with van der Waals surface area (Å²) in [5.74, 6) is 1.02. The van der Waals surface area contributed by atoms with Gasteiger partial charge in [-0.05, 0) is 26.8 Å². The van der Waals surface area contributed by atoms with Crippen LogP contribution in [0.3, 0.4) is 0 Å². The van der Waals surface area contributed by atoms with E-state index in [9.17, 15) is 0 Å². The largest absolute Gasteiger partial charge is 0.494 e. The Hall–Kier alpha value is -1.06. The van der Waals surface area contributed by atoms with Crippen molar-refractivity contribution in [2.75, 3.05) is 26.2 Å². The van der Waals surface area contributed by atoms with Crippen molar-refractivity contribution in [3.8, 4) is 5.75 Å². The Kier molecular flexibility index (Phi) is 4.25. The van der Waals surface area contributed by atoms with E-state index in [1.807, 2.05) is 13.0 Å². The summed E-state index contributed by atoms with van der Waals surface area (Å²) in [4.78, 5) is 2.53. The fourth-order valence-electron chi connectivity index (χ4n) is 2.45. The van der Waals surface area contributed by atoms with Crippen molar-refractivity contribution in [3.63, 3.8) is 0 Å². The second-order valence-electron chi connectivity index (χ2n) is 5.45. The molecular formula is C15H24N2O. The summed E-state index contributed by atoms with van der Waals surface area (Å²) < 4.78 is 5.70. The van der Waals surface area contributed by atoms with Crippen LogP contribution in [0.5, 0.6) is 5.75 Å². The van der Waals surface area contributed by atoms with E-state index in [2.05, 4.69) is 42.3 Å². The zero-order valence-electron chi connectivity index (χ0n) is 11.7. The molecule has 3 heteroatoms. The van der Waals surface area contributed by atoms with Gasteiger partial charge in [0, 0.05) is 37.3 Å². The second kappa shape index (κ2) is 5.72. The van der Waals surface area contributed by atoms with Crippen LogP contribution in [0.4, 0.5) is 0 Å². The van der Waals surface area contributed by atoms with Crippen LogP contribution in [0.1, 0.15) is 26.3 Å². The number of piperazine rings is 1. The summed E-state index contributed by atoms with van der Waals surface area (Å²) in [7, 11) is 0. The lowest BCUT2D eigenvalue weighted by atomic mass is 9.99. The van der Waals surface area contributed by atoms with Gasteiger partial charge in [0.25, 0.3) is 0 Å². The van der Waals surface area contributed by atoms with Crippen molar-refractivity contribution in [1.82, 2.24) is 10.2 Å². The van der Waals surface area contributed by atoms with Gasteiger partial charge in [-0.1, -0.05) is 18.2 Å². The lowest BCUT2D eigenvalue weighted by molar-refractivity contribution is 0.0817. The Morgan fingerprint density at radius 3 is 2.83 bits per heavy atom. The molecule has 1 saturated heterocycles. The summed E-state index contributed by atoms with van der Waals surface area (Å²) in [5.41, 5.74) is 1.49. The highest BCUT2D eigenvalue weighted by Crippen LogP contribution is 2.24. The van der Waals surface area contributed by atoms with Gasteiger partial charge in [0.1, 0.15) is 5.75 Å². The van der Waals surface area contributed by atoms with Crippen molar-refractivity contribution in [2.24, 2.45) is 0 Å². The molecular weight excluding hydrogens is 224 g/mol. The highest BCUT2D eigenvalue weighted by molar-refractivity contribution is 5.33. The van der Waals surface area contributed by atoms with Crippen molar-refractivity contribution in [2.45, 2.75) is 32.9 Å². The Morgan fingerprint density at radius 2 is 2.11 bits per heavy atom. The molecule has 1 aromatic carbocycles. The maximum atomic E-state index is 5.70. The van der Waals surface area contributed by atoms with Crippen molar-refractivity contribution >= 4 is 0 Å². The Labute approximate surface area is 110 Å². The fourth-order valence-corrected chi connectivity index (χ4v) is 2.45. The summed E-state index contributed by atoms with van der Waals surface area (Å²) in [6, 6.07) is 8.36. The topological polar surface area (TPSA) is 24.5 Å².